The molecule has 19 heteroatoms. The van der Waals surface area contributed by atoms with Crippen LogP contribution in [-0.2, 0) is 108 Å². The Balaban J connectivity index is 1.01. The maximum atomic E-state index is 11.4. The lowest BCUT2D eigenvalue weighted by Gasteiger charge is -2.03. The molecule has 0 atom stereocenters. The van der Waals surface area contributed by atoms with Gasteiger partial charge in [-0.25, -0.2) is 4.79 Å². The van der Waals surface area contributed by atoms with Crippen LogP contribution in [0.5, 0.6) is 0 Å². The zero-order valence-electron chi connectivity index (χ0n) is 18.6. The van der Waals surface area contributed by atoms with Crippen LogP contribution < -0.4 is 0 Å². The molecule has 0 N–H and O–H groups in total. The van der Waals surface area contributed by atoms with E-state index in [9.17, 15) is 4.79 Å². The highest BCUT2D eigenvalue weighted by molar-refractivity contribution is 5.82. The molecule has 19 nitrogen and oxygen atoms in total. The molecule has 3 aromatic rings. The van der Waals surface area contributed by atoms with Crippen molar-refractivity contribution >= 4 is 16.7 Å². The van der Waals surface area contributed by atoms with E-state index in [0.29, 0.717) is 5.56 Å². The highest BCUT2D eigenvalue weighted by Gasteiger charge is 2.07. The molecule has 0 aromatic heterocycles. The average Bonchev–Trinajstić information content (AvgIpc) is 2.94. The first kappa shape index (κ1) is 29.3. The summed E-state index contributed by atoms with van der Waals surface area (Å²) >= 11 is 0. The molecule has 0 bridgehead atoms. The maximum Gasteiger partial charge on any atom is 0.350 e. The summed E-state index contributed by atoms with van der Waals surface area (Å²) in [6.45, 7) is 0.0359. The van der Waals surface area contributed by atoms with Crippen LogP contribution in [0.25, 0.3) is 10.8 Å². The van der Waals surface area contributed by atoms with Gasteiger partial charge in [0.1, 0.15) is 6.61 Å². The van der Waals surface area contributed by atoms with Crippen molar-refractivity contribution in [3.8, 4) is 0 Å². The Hall–Kier alpha value is -3.29. The van der Waals surface area contributed by atoms with E-state index in [0.717, 1.165) is 16.3 Å². The molecule has 0 saturated heterocycles. The Labute approximate surface area is 209 Å². The molecule has 0 aliphatic carbocycles. The second-order valence-electron chi connectivity index (χ2n) is 6.15. The van der Waals surface area contributed by atoms with Crippen molar-refractivity contribution in [1.82, 2.24) is 0 Å². The van der Waals surface area contributed by atoms with E-state index >= 15 is 0 Å². The summed E-state index contributed by atoms with van der Waals surface area (Å²) in [5, 5.41) is 62.4. The molecule has 38 heavy (non-hydrogen) atoms. The van der Waals surface area contributed by atoms with Gasteiger partial charge in [0.2, 0.25) is 0 Å². The molecule has 0 radical (unpaired) electrons. The fraction of sp³-hybridized carbons (Fsp3) is 0.105. The van der Waals surface area contributed by atoms with Gasteiger partial charge in [-0.05, 0) is 68.3 Å². The summed E-state index contributed by atoms with van der Waals surface area (Å²) in [5.74, 6) is -0.795. The van der Waals surface area contributed by atoms with Gasteiger partial charge >= 0.3 is 5.97 Å². The summed E-state index contributed by atoms with van der Waals surface area (Å²) in [7, 11) is 0. The minimum absolute atomic E-state index is 0.0359. The molecule has 0 aliphatic rings. The molecule has 0 amide bonds. The number of carbonyl (C=O) groups excluding carboxylic acids is 1. The Bertz CT molecular complexity index is 1040. The fourth-order valence-electron chi connectivity index (χ4n) is 2.44. The van der Waals surface area contributed by atoms with Crippen molar-refractivity contribution < 1.29 is 95.2 Å². The number of rotatable bonds is 21. The van der Waals surface area contributed by atoms with Crippen LogP contribution in [0.4, 0.5) is 0 Å². The smallest absolute Gasteiger partial charge is 0.266 e. The summed E-state index contributed by atoms with van der Waals surface area (Å²) in [6, 6.07) is 22.1. The van der Waals surface area contributed by atoms with Crippen molar-refractivity contribution in [3.05, 3.63) is 83.9 Å². The predicted molar refractivity (Wildman–Crippen MR) is 102 cm³/mol. The zero-order chi connectivity index (χ0) is 26.5. The number of fused-ring (bicyclic) bond motifs is 1. The Morgan fingerprint density at radius 3 is 1.58 bits per heavy atom. The third-order valence-corrected chi connectivity index (χ3v) is 3.82. The summed E-state index contributed by atoms with van der Waals surface area (Å²) in [6.07, 6.45) is -0.0870. The fourth-order valence-corrected chi connectivity index (χ4v) is 2.44. The Morgan fingerprint density at radius 1 is 0.474 bits per heavy atom. The van der Waals surface area contributed by atoms with Crippen molar-refractivity contribution in [1.29, 1.82) is 0 Å². The third kappa shape index (κ3) is 12.8. The van der Waals surface area contributed by atoms with Gasteiger partial charge in [0, 0.05) is 40.3 Å². The van der Waals surface area contributed by atoms with Gasteiger partial charge in [-0.2, -0.15) is 4.89 Å². The van der Waals surface area contributed by atoms with E-state index < -0.39 is 5.97 Å². The van der Waals surface area contributed by atoms with E-state index in [1.807, 2.05) is 42.5 Å². The average molecular weight is 548 g/mol. The molecule has 206 valence electrons. The number of benzene rings is 3. The van der Waals surface area contributed by atoms with Crippen LogP contribution in [0.1, 0.15) is 11.1 Å². The predicted octanol–water partition coefficient (Wildman–Crippen LogP) is 2.96. The standard InChI is InChI=1S/C19H16O19/c20-19(13-15-6-2-1-3-7-15)22-24-26-28-30-32-34-36-38-37-35-33-31-29-27-25-23-21-14-16-10-11-17-8-4-5-9-18(17)12-16/h1-12H,13-14H2. The Morgan fingerprint density at radius 2 is 0.974 bits per heavy atom. The van der Waals surface area contributed by atoms with Crippen LogP contribution in [0.15, 0.2) is 72.8 Å². The highest BCUT2D eigenvalue weighted by atomic mass is 18.0. The lowest BCUT2D eigenvalue weighted by Crippen LogP contribution is -2.10. The second-order valence-corrected chi connectivity index (χ2v) is 6.15. The highest BCUT2D eigenvalue weighted by Crippen LogP contribution is 2.16. The lowest BCUT2D eigenvalue weighted by molar-refractivity contribution is -0.889. The van der Waals surface area contributed by atoms with Gasteiger partial charge in [0.05, 0.1) is 6.42 Å². The van der Waals surface area contributed by atoms with Crippen molar-refractivity contribution in [2.45, 2.75) is 13.0 Å². The first-order valence-electron chi connectivity index (χ1n) is 9.82. The van der Waals surface area contributed by atoms with E-state index in [-0.39, 0.29) is 13.0 Å². The molecule has 0 spiro atoms. The van der Waals surface area contributed by atoms with Gasteiger partial charge in [-0.1, -0.05) is 66.7 Å². The third-order valence-electron chi connectivity index (χ3n) is 3.82. The second kappa shape index (κ2) is 18.9. The number of hydrogen-bond acceptors (Lipinski definition) is 19. The van der Waals surface area contributed by atoms with Gasteiger partial charge in [0.15, 0.2) is 0 Å². The van der Waals surface area contributed by atoms with E-state index in [1.54, 1.807) is 30.3 Å². The minimum atomic E-state index is -0.795. The van der Waals surface area contributed by atoms with Crippen LogP contribution in [-0.4, -0.2) is 5.97 Å². The van der Waals surface area contributed by atoms with Crippen LogP contribution in [0.3, 0.4) is 0 Å². The monoisotopic (exact) mass is 548 g/mol. The van der Waals surface area contributed by atoms with Gasteiger partial charge in [-0.3, -0.25) is 4.89 Å². The number of carbonyl (C=O) groups is 1. The SMILES string of the molecule is O=C(Cc1ccccc1)OOOOOOOOOOOOOOOOOOCc1ccc2ccccc2c1. The quantitative estimate of drug-likeness (QED) is 0.107. The zero-order valence-corrected chi connectivity index (χ0v) is 18.6. The first-order chi connectivity index (χ1) is 18.8. The molecular weight excluding hydrogens is 532 g/mol. The van der Waals surface area contributed by atoms with Crippen molar-refractivity contribution in [2.75, 3.05) is 0 Å². The van der Waals surface area contributed by atoms with Crippen LogP contribution in [0.2, 0.25) is 0 Å². The lowest BCUT2D eigenvalue weighted by atomic mass is 10.1. The first-order valence-corrected chi connectivity index (χ1v) is 9.82. The summed E-state index contributed by atoms with van der Waals surface area (Å²) in [5.41, 5.74) is 1.48. The van der Waals surface area contributed by atoms with Crippen molar-refractivity contribution in [3.63, 3.8) is 0 Å². The van der Waals surface area contributed by atoms with Crippen molar-refractivity contribution in [2.24, 2.45) is 0 Å². The molecule has 0 aliphatic heterocycles. The Kier molecular flexibility index (Phi) is 14.5. The van der Waals surface area contributed by atoms with E-state index in [1.165, 1.54) is 0 Å². The largest absolute Gasteiger partial charge is 0.350 e. The van der Waals surface area contributed by atoms with E-state index in [4.69, 9.17) is 4.89 Å². The van der Waals surface area contributed by atoms with Crippen LogP contribution in [0, 0.1) is 0 Å². The number of hydrogen-bond donors (Lipinski definition) is 0. The molecule has 0 fully saturated rings. The van der Waals surface area contributed by atoms with Gasteiger partial charge in [-0.15, -0.1) is 0 Å². The molecule has 0 heterocycles. The van der Waals surface area contributed by atoms with E-state index in [2.05, 4.69) is 85.5 Å². The molecule has 3 aromatic carbocycles. The molecule has 0 saturated carbocycles. The summed E-state index contributed by atoms with van der Waals surface area (Å²) in [4.78, 5) is 20.3. The van der Waals surface area contributed by atoms with Crippen LogP contribution >= 0.6 is 0 Å². The normalized spacial score (nSPS) is 11.2. The summed E-state index contributed by atoms with van der Waals surface area (Å²) < 4.78 is 0. The molecule has 3 rings (SSSR count). The minimum Gasteiger partial charge on any atom is -0.266 e. The molecular formula is C19H16O19. The van der Waals surface area contributed by atoms with Gasteiger partial charge in [0.25, 0.3) is 0 Å². The topological polar surface area (TPSA) is 183 Å². The van der Waals surface area contributed by atoms with Gasteiger partial charge < -0.3 is 0 Å². The molecule has 0 unspecified atom stereocenters. The maximum absolute atomic E-state index is 11.4.